The number of amides is 1. The molecule has 1 aliphatic heterocycles. The molecule has 25 heavy (non-hydrogen) atoms. The Bertz CT molecular complexity index is 983. The first-order chi connectivity index (χ1) is 12.0. The van der Waals surface area contributed by atoms with Crippen LogP contribution < -0.4 is 5.32 Å². The van der Waals surface area contributed by atoms with Gasteiger partial charge in [-0.05, 0) is 41.5 Å². The summed E-state index contributed by atoms with van der Waals surface area (Å²) < 4.78 is 41.3. The van der Waals surface area contributed by atoms with E-state index in [-0.39, 0.29) is 23.7 Å². The lowest BCUT2D eigenvalue weighted by atomic mass is 9.88. The van der Waals surface area contributed by atoms with Crippen molar-refractivity contribution in [2.24, 2.45) is 0 Å². The van der Waals surface area contributed by atoms with E-state index < -0.39 is 17.6 Å². The second-order valence-corrected chi connectivity index (χ2v) is 6.78. The summed E-state index contributed by atoms with van der Waals surface area (Å²) in [6, 6.07) is 9.29. The first kappa shape index (κ1) is 15.9. The lowest BCUT2D eigenvalue weighted by molar-refractivity contribution is -0.116. The van der Waals surface area contributed by atoms with E-state index in [4.69, 9.17) is 0 Å². The highest BCUT2D eigenvalue weighted by atomic mass is 32.1. The molecule has 2 aromatic carbocycles. The number of thiophene rings is 1. The average molecular weight is 359 g/mol. The van der Waals surface area contributed by atoms with Crippen LogP contribution in [0, 0.1) is 17.5 Å². The van der Waals surface area contributed by atoms with Crippen molar-refractivity contribution in [1.82, 2.24) is 0 Å². The Kier molecular flexibility index (Phi) is 3.84. The van der Waals surface area contributed by atoms with Gasteiger partial charge in [0.15, 0.2) is 0 Å². The van der Waals surface area contributed by atoms with E-state index >= 15 is 0 Å². The number of halogens is 3. The molecule has 0 bridgehead atoms. The summed E-state index contributed by atoms with van der Waals surface area (Å²) in [5.74, 6) is -2.32. The van der Waals surface area contributed by atoms with E-state index in [9.17, 15) is 18.0 Å². The van der Waals surface area contributed by atoms with Gasteiger partial charge in [0, 0.05) is 28.2 Å². The molecule has 0 aliphatic carbocycles. The number of nitrogens with one attached hydrogen (secondary N) is 1. The van der Waals surface area contributed by atoms with E-state index in [1.807, 2.05) is 0 Å². The van der Waals surface area contributed by atoms with Crippen molar-refractivity contribution < 1.29 is 18.0 Å². The van der Waals surface area contributed by atoms with Crippen LogP contribution in [0.5, 0.6) is 0 Å². The number of anilines is 1. The number of fused-ring (bicyclic) bond motifs is 1. The van der Waals surface area contributed by atoms with Gasteiger partial charge in [-0.2, -0.15) is 0 Å². The van der Waals surface area contributed by atoms with Crippen molar-refractivity contribution >= 4 is 22.9 Å². The molecule has 1 aliphatic rings. The SMILES string of the molecule is O=C1C[C@@H](c2cc(F)ccc2F)c2scc(-c3cccc(F)c3)c2N1. The molecule has 0 radical (unpaired) electrons. The lowest BCUT2D eigenvalue weighted by Gasteiger charge is -2.24. The van der Waals surface area contributed by atoms with Crippen molar-refractivity contribution in [1.29, 1.82) is 0 Å². The zero-order chi connectivity index (χ0) is 17.6. The molecule has 4 rings (SSSR count). The van der Waals surface area contributed by atoms with E-state index in [1.165, 1.54) is 23.5 Å². The van der Waals surface area contributed by atoms with Crippen molar-refractivity contribution in [3.8, 4) is 11.1 Å². The summed E-state index contributed by atoms with van der Waals surface area (Å²) in [6.07, 6.45) is 0.0382. The van der Waals surface area contributed by atoms with Gasteiger partial charge in [-0.1, -0.05) is 12.1 Å². The van der Waals surface area contributed by atoms with Crippen LogP contribution in [0.3, 0.4) is 0 Å². The molecule has 0 unspecified atom stereocenters. The van der Waals surface area contributed by atoms with E-state index in [2.05, 4.69) is 5.32 Å². The Balaban J connectivity index is 1.86. The second-order valence-electron chi connectivity index (χ2n) is 5.87. The molecule has 1 N–H and O–H groups in total. The molecule has 3 aromatic rings. The third kappa shape index (κ3) is 2.82. The van der Waals surface area contributed by atoms with Crippen LogP contribution in [0.25, 0.3) is 11.1 Å². The molecular formula is C19H12F3NOS. The Labute approximate surface area is 145 Å². The largest absolute Gasteiger partial charge is 0.325 e. The lowest BCUT2D eigenvalue weighted by Crippen LogP contribution is -2.23. The molecule has 2 nitrogen and oxygen atoms in total. The molecule has 1 aromatic heterocycles. The van der Waals surface area contributed by atoms with Gasteiger partial charge in [-0.3, -0.25) is 4.79 Å². The van der Waals surface area contributed by atoms with Crippen LogP contribution in [0.4, 0.5) is 18.9 Å². The van der Waals surface area contributed by atoms with Crippen LogP contribution in [-0.2, 0) is 4.79 Å². The number of hydrogen-bond donors (Lipinski definition) is 1. The summed E-state index contributed by atoms with van der Waals surface area (Å²) in [5.41, 5.74) is 2.00. The molecule has 0 saturated carbocycles. The normalized spacial score (nSPS) is 16.4. The minimum atomic E-state index is -0.563. The van der Waals surface area contributed by atoms with Gasteiger partial charge in [0.2, 0.25) is 5.91 Å². The van der Waals surface area contributed by atoms with Gasteiger partial charge in [-0.15, -0.1) is 11.3 Å². The van der Waals surface area contributed by atoms with Gasteiger partial charge < -0.3 is 5.32 Å². The maximum Gasteiger partial charge on any atom is 0.225 e. The Morgan fingerprint density at radius 2 is 1.84 bits per heavy atom. The second kappa shape index (κ2) is 6.04. The number of benzene rings is 2. The summed E-state index contributed by atoms with van der Waals surface area (Å²) in [4.78, 5) is 12.9. The minimum Gasteiger partial charge on any atom is -0.325 e. The van der Waals surface area contributed by atoms with Gasteiger partial charge in [0.1, 0.15) is 17.5 Å². The Hall–Kier alpha value is -2.60. The molecule has 0 fully saturated rings. The summed E-state index contributed by atoms with van der Waals surface area (Å²) >= 11 is 1.35. The fourth-order valence-corrected chi connectivity index (χ4v) is 4.28. The van der Waals surface area contributed by atoms with E-state index in [0.29, 0.717) is 16.8 Å². The van der Waals surface area contributed by atoms with Crippen molar-refractivity contribution in [2.75, 3.05) is 5.32 Å². The van der Waals surface area contributed by atoms with Crippen LogP contribution >= 0.6 is 11.3 Å². The first-order valence-corrected chi connectivity index (χ1v) is 8.53. The highest BCUT2D eigenvalue weighted by Crippen LogP contribution is 2.47. The molecule has 1 amide bonds. The molecular weight excluding hydrogens is 347 g/mol. The maximum absolute atomic E-state index is 14.2. The monoisotopic (exact) mass is 359 g/mol. The summed E-state index contributed by atoms with van der Waals surface area (Å²) in [6.45, 7) is 0. The van der Waals surface area contributed by atoms with Crippen LogP contribution in [0.2, 0.25) is 0 Å². The van der Waals surface area contributed by atoms with Crippen LogP contribution in [0.15, 0.2) is 47.8 Å². The average Bonchev–Trinajstić information content (AvgIpc) is 3.00. The number of hydrogen-bond acceptors (Lipinski definition) is 2. The van der Waals surface area contributed by atoms with Crippen molar-refractivity contribution in [3.05, 3.63) is 75.7 Å². The zero-order valence-corrected chi connectivity index (χ0v) is 13.7. The molecule has 0 saturated heterocycles. The number of carbonyl (C=O) groups is 1. The smallest absolute Gasteiger partial charge is 0.225 e. The predicted molar refractivity (Wildman–Crippen MR) is 91.2 cm³/mol. The fourth-order valence-electron chi connectivity index (χ4n) is 3.13. The van der Waals surface area contributed by atoms with Crippen LogP contribution in [-0.4, -0.2) is 5.91 Å². The Morgan fingerprint density at radius 1 is 1.04 bits per heavy atom. The number of rotatable bonds is 2. The topological polar surface area (TPSA) is 29.1 Å². The zero-order valence-electron chi connectivity index (χ0n) is 12.9. The maximum atomic E-state index is 14.2. The van der Waals surface area contributed by atoms with Gasteiger partial charge in [-0.25, -0.2) is 13.2 Å². The third-order valence-electron chi connectivity index (χ3n) is 4.26. The molecule has 126 valence electrons. The first-order valence-electron chi connectivity index (χ1n) is 7.65. The van der Waals surface area contributed by atoms with Crippen molar-refractivity contribution in [3.63, 3.8) is 0 Å². The molecule has 6 heteroatoms. The highest BCUT2D eigenvalue weighted by Gasteiger charge is 2.32. The molecule has 1 atom stereocenters. The predicted octanol–water partition coefficient (Wildman–Crippen LogP) is 5.31. The third-order valence-corrected chi connectivity index (χ3v) is 5.36. The quantitative estimate of drug-likeness (QED) is 0.660. The van der Waals surface area contributed by atoms with Gasteiger partial charge in [0.25, 0.3) is 0 Å². The van der Waals surface area contributed by atoms with Gasteiger partial charge in [0.05, 0.1) is 5.69 Å². The van der Waals surface area contributed by atoms with E-state index in [1.54, 1.807) is 17.5 Å². The fraction of sp³-hybridized carbons (Fsp3) is 0.105. The standard InChI is InChI=1S/C19H12F3NOS/c20-11-3-1-2-10(6-11)15-9-25-19-14(8-17(24)23-18(15)19)13-7-12(21)4-5-16(13)22/h1-7,9,14H,8H2,(H,23,24)/t14-/m0/s1. The summed E-state index contributed by atoms with van der Waals surface area (Å²) in [5, 5.41) is 4.59. The Morgan fingerprint density at radius 3 is 2.64 bits per heavy atom. The molecule has 2 heterocycles. The van der Waals surface area contributed by atoms with E-state index in [0.717, 1.165) is 23.1 Å². The van der Waals surface area contributed by atoms with Crippen molar-refractivity contribution in [2.45, 2.75) is 12.3 Å². The van der Waals surface area contributed by atoms with Gasteiger partial charge >= 0.3 is 0 Å². The van der Waals surface area contributed by atoms with Crippen LogP contribution in [0.1, 0.15) is 22.8 Å². The summed E-state index contributed by atoms with van der Waals surface area (Å²) in [7, 11) is 0. The highest BCUT2D eigenvalue weighted by molar-refractivity contribution is 7.11. The minimum absolute atomic E-state index is 0.0382. The molecule has 0 spiro atoms. The number of carbonyl (C=O) groups excluding carboxylic acids is 1.